The lowest BCUT2D eigenvalue weighted by Crippen LogP contribution is -2.59. The smallest absolute Gasteiger partial charge is 0.336 e. The maximum atomic E-state index is 15.4. The van der Waals surface area contributed by atoms with E-state index >= 15 is 14.4 Å². The van der Waals surface area contributed by atoms with Crippen LogP contribution in [0.1, 0.15) is 57.8 Å². The Morgan fingerprint density at radius 2 is 0.239 bits per heavy atom. The lowest BCUT2D eigenvalue weighted by molar-refractivity contribution is 0.250. The molecule has 7 aliphatic heterocycles. The van der Waals surface area contributed by atoms with Crippen LogP contribution in [-0.2, 0) is 174 Å². The van der Waals surface area contributed by atoms with Crippen molar-refractivity contribution in [2.24, 2.45) is 0 Å². The molecule has 18 unspecified atom stereocenters. The fraction of sp³-hybridized carbons (Fsp3) is 0.859. The fourth-order valence-electron chi connectivity index (χ4n) is 19.7. The Morgan fingerprint density at radius 3 is 0.348 bits per heavy atom. The molecule has 7 fully saturated rings. The van der Waals surface area contributed by atoms with Crippen LogP contribution in [0.25, 0.3) is 0 Å². The van der Waals surface area contributed by atoms with Gasteiger partial charge in [0.25, 0.3) is 176 Å². The number of nitrogens with zero attached hydrogens (tertiary/aromatic N) is 9. The van der Waals surface area contributed by atoms with Gasteiger partial charge in [0.2, 0.25) is 0 Å². The molecule has 3 aromatic heterocycles. The molecule has 0 radical (unpaired) electrons. The van der Waals surface area contributed by atoms with Crippen LogP contribution in [-0.4, -0.2) is 295 Å². The van der Waals surface area contributed by atoms with Crippen LogP contribution in [0.3, 0.4) is 0 Å². The first kappa shape index (κ1) is 120. The summed E-state index contributed by atoms with van der Waals surface area (Å²) in [5.41, 5.74) is -6.92. The first-order valence-electron chi connectivity index (χ1n) is 49.0. The van der Waals surface area contributed by atoms with Crippen molar-refractivity contribution in [3.8, 4) is 0 Å². The van der Waals surface area contributed by atoms with Crippen LogP contribution >= 0.6 is 0 Å². The summed E-state index contributed by atoms with van der Waals surface area (Å²) in [6.07, 6.45) is 2.37. The molecule has 10 rings (SSSR count). The first-order chi connectivity index (χ1) is 64.4. The summed E-state index contributed by atoms with van der Waals surface area (Å²) in [4.78, 5) is 135. The molecule has 0 aliphatic carbocycles. The highest BCUT2D eigenvalue weighted by molar-refractivity contribution is 6.89. The molecule has 74 heteroatoms. The Kier molecular flexibility index (Phi) is 45.6. The van der Waals surface area contributed by atoms with Crippen molar-refractivity contribution < 1.29 is 115 Å². The maximum Gasteiger partial charge on any atom is 0.336 e. The van der Waals surface area contributed by atoms with E-state index in [4.69, 9.17) is 115 Å². The topological polar surface area (TPSA) is 456 Å². The molecule has 0 bridgehead atoms. The molecular formula is C64H157N9O37Si28. The maximum absolute atomic E-state index is 15.4. The molecule has 46 nitrogen and oxygen atoms in total. The molecular weight excluding hydrogens is 2270 g/mol. The van der Waals surface area contributed by atoms with Gasteiger partial charge in [-0.2, -0.15) is 0 Å². The van der Waals surface area contributed by atoms with E-state index in [9.17, 15) is 28.8 Å². The van der Waals surface area contributed by atoms with E-state index in [0.29, 0.717) is 55.9 Å². The number of aromatic nitrogens is 9. The molecule has 0 amide bonds. The second kappa shape index (κ2) is 52.5. The predicted molar refractivity (Wildman–Crippen MR) is 585 cm³/mol. The number of rotatable bonds is 36. The van der Waals surface area contributed by atoms with E-state index in [1.807, 2.05) is 183 Å². The highest BCUT2D eigenvalue weighted by Crippen LogP contribution is 2.35. The predicted octanol–water partition coefficient (Wildman–Crippen LogP) is -0.583. The molecule has 0 spiro atoms. The molecule has 7 aliphatic rings. The lowest BCUT2D eigenvalue weighted by Gasteiger charge is -2.43. The Hall–Kier alpha value is 0.183. The van der Waals surface area contributed by atoms with Gasteiger partial charge in [-0.05, 0) is 296 Å². The minimum atomic E-state index is -3.44. The largest absolute Gasteiger partial charge is 0.420 e. The van der Waals surface area contributed by atoms with Crippen LogP contribution < -0.4 is 51.2 Å². The van der Waals surface area contributed by atoms with Gasteiger partial charge in [-0.15, -0.1) is 0 Å². The summed E-state index contributed by atoms with van der Waals surface area (Å²) in [5.74, 6) is 0. The minimum Gasteiger partial charge on any atom is -0.420 e. The number of hydrogen-bond acceptors (Lipinski definition) is 37. The van der Waals surface area contributed by atoms with Crippen molar-refractivity contribution >= 4 is 253 Å². The third-order valence-electron chi connectivity index (χ3n) is 24.5. The average molecular weight is 2430 g/mol. The van der Waals surface area contributed by atoms with Crippen molar-refractivity contribution in [2.45, 2.75) is 354 Å². The Morgan fingerprint density at radius 1 is 0.152 bits per heavy atom. The fourth-order valence-corrected chi connectivity index (χ4v) is 128. The van der Waals surface area contributed by atoms with Gasteiger partial charge in [-0.3, -0.25) is 0 Å². The van der Waals surface area contributed by atoms with Gasteiger partial charge in [0.05, 0.1) is 0 Å². The van der Waals surface area contributed by atoms with Gasteiger partial charge in [0.15, 0.2) is 0 Å². The molecule has 0 saturated carbocycles. The SMILES string of the molecule is C[SiH]1O[SiH](C)O[Si](C)(CCCn2c(=O)n(CCC[Si]3(C)O[SiH](C)O[SiH](C)O[SiH](C)O3)c(=O)n(CCC[Si]3(C)O[SiH](C)O[SiH](C)O[Si](C)(CCCn4c(=O)n(CCC[Si]5(C)O[SiH](C)O[SiH](C)O[SiH](C)O5)c(=O)n(CCC[Si]5(C)O[SiH](C)O[SiH](C)O[Si](C)(CCCn6c(=O)n(CCC[Si]7(C)O[SiH](C)O[SiH](C)O[SiH](C)O7)c(=O)n(CCC[Si]7(C)O[SiH](C)O[SiH](C)O[SiH](C)O7)c6=O)O5)c4=O)O3)c2=O)O[SiH](C)O1. The van der Waals surface area contributed by atoms with E-state index in [-0.39, 0.29) is 115 Å². The molecule has 10 heterocycles. The van der Waals surface area contributed by atoms with Crippen LogP contribution in [0.4, 0.5) is 0 Å². The summed E-state index contributed by atoms with van der Waals surface area (Å²) in [6, 6.07) is 3.13. The molecule has 0 aromatic carbocycles. The summed E-state index contributed by atoms with van der Waals surface area (Å²) < 4.78 is 194. The molecule has 3 aromatic rings. The van der Waals surface area contributed by atoms with Crippen molar-refractivity contribution in [1.82, 2.24) is 41.1 Å². The van der Waals surface area contributed by atoms with Crippen molar-refractivity contribution in [1.29, 1.82) is 0 Å². The summed E-state index contributed by atoms with van der Waals surface area (Å²) >= 11 is 0. The Bertz CT molecular complexity index is 4580. The summed E-state index contributed by atoms with van der Waals surface area (Å²) in [6.45, 7) is 53.7. The third-order valence-corrected chi connectivity index (χ3v) is 126. The van der Waals surface area contributed by atoms with Crippen LogP contribution in [0, 0.1) is 0 Å². The minimum absolute atomic E-state index is 0.0242. The zero-order valence-electron chi connectivity index (χ0n) is 86.2. The average Bonchev–Trinajstić information content (AvgIpc) is 0.785. The van der Waals surface area contributed by atoms with E-state index < -0.39 is 305 Å². The summed E-state index contributed by atoms with van der Waals surface area (Å²) in [5, 5.41) is 0. The highest BCUT2D eigenvalue weighted by Gasteiger charge is 2.52. The van der Waals surface area contributed by atoms with Crippen molar-refractivity contribution in [2.75, 3.05) is 0 Å². The first-order valence-corrected chi connectivity index (χ1v) is 112. The van der Waals surface area contributed by atoms with E-state index in [2.05, 4.69) is 0 Å². The van der Waals surface area contributed by atoms with Gasteiger partial charge in [0, 0.05) is 58.9 Å². The molecule has 792 valence electrons. The molecule has 7 saturated heterocycles. The zero-order chi connectivity index (χ0) is 102. The zero-order valence-corrected chi connectivity index (χ0v) is 117. The quantitative estimate of drug-likeness (QED) is 0.0657. The summed E-state index contributed by atoms with van der Waals surface area (Å²) in [7, 11) is -69.3. The van der Waals surface area contributed by atoms with Crippen LogP contribution in [0.5, 0.6) is 0 Å². The Labute approximate surface area is 851 Å². The molecule has 138 heavy (non-hydrogen) atoms. The van der Waals surface area contributed by atoms with Gasteiger partial charge < -0.3 is 115 Å². The van der Waals surface area contributed by atoms with Gasteiger partial charge in [0.1, 0.15) is 0 Å². The second-order valence-corrected chi connectivity index (χ2v) is 113. The standard InChI is InChI=1S/C64H157N9O37Si28/c1-111-83-116(6)95-130(20,96-117(7)84-111)47-29-38-65-56(74)66(39-30-48-131(21)97-118(8)85-112(2)86-119(9)98-131)59(77)70(58(65)76)43-34-52-135(25)105-126(16)93-128(18)107-137(27,109-135)54-36-45-72-62(80)69(42-33-51-134(24)103-124(14)91-115(5)92-125(15)104-134)63(81)73(64(72)82)46-37-55-138(28)108-129(19)94-127(17)106-136(26,110-138)53-35-44-71-60(78)67(40-31-49-132(22)99-120(10)87-113(3)88-121(11)100-132)57(75)68(61(71)79)41-32-50-133(23)101-122(12)89-114(4)90-123(13)102-133/h111-129H,29-55H2,1-28H3. The van der Waals surface area contributed by atoms with Crippen LogP contribution in [0.15, 0.2) is 43.2 Å². The van der Waals surface area contributed by atoms with Crippen molar-refractivity contribution in [3.63, 3.8) is 0 Å². The van der Waals surface area contributed by atoms with Crippen LogP contribution in [0.2, 0.25) is 238 Å². The van der Waals surface area contributed by atoms with Gasteiger partial charge >= 0.3 is 128 Å². The Balaban J connectivity index is 0.886. The van der Waals surface area contributed by atoms with Crippen molar-refractivity contribution in [3.05, 3.63) is 94.4 Å². The van der Waals surface area contributed by atoms with Gasteiger partial charge in [-0.25, -0.2) is 84.3 Å². The lowest BCUT2D eigenvalue weighted by atomic mass is 10.4. The highest BCUT2D eigenvalue weighted by atomic mass is 28.5. The number of hydrogen-bond donors (Lipinski definition) is 0. The molecule has 18 atom stereocenters. The van der Waals surface area contributed by atoms with E-state index in [0.717, 1.165) is 41.1 Å². The molecule has 0 N–H and O–H groups in total. The van der Waals surface area contributed by atoms with Gasteiger partial charge in [-0.1, -0.05) is 0 Å². The monoisotopic (exact) mass is 2430 g/mol. The normalized spacial score (nSPS) is 37.7. The third kappa shape index (κ3) is 35.4. The van der Waals surface area contributed by atoms with E-state index in [1.165, 1.54) is 0 Å². The van der Waals surface area contributed by atoms with E-state index in [1.54, 1.807) is 0 Å². The second-order valence-electron chi connectivity index (χ2n) is 38.3.